The van der Waals surface area contributed by atoms with E-state index in [0.717, 1.165) is 114 Å². The van der Waals surface area contributed by atoms with Gasteiger partial charge in [0.05, 0.1) is 26.4 Å². The van der Waals surface area contributed by atoms with E-state index in [-0.39, 0.29) is 25.7 Å². The van der Waals surface area contributed by atoms with Gasteiger partial charge in [0, 0.05) is 25.7 Å². The maximum atomic E-state index is 13.1. The largest absolute Gasteiger partial charge is 0.472 e. The van der Waals surface area contributed by atoms with E-state index in [1.807, 2.05) is 0 Å². The number of hydrogen-bond acceptors (Lipinski definition) is 15. The molecular weight excluding hydrogens is 1260 g/mol. The van der Waals surface area contributed by atoms with Gasteiger partial charge in [0.15, 0.2) is 12.2 Å². The van der Waals surface area contributed by atoms with Gasteiger partial charge in [-0.2, -0.15) is 0 Å². The van der Waals surface area contributed by atoms with Crippen LogP contribution < -0.4 is 0 Å². The molecule has 0 rings (SSSR count). The fraction of sp³-hybridized carbons (Fsp3) is 0.948. The Morgan fingerprint density at radius 2 is 0.500 bits per heavy atom. The Labute approximate surface area is 588 Å². The molecule has 3 N–H and O–H groups in total. The molecule has 0 amide bonds. The van der Waals surface area contributed by atoms with Crippen molar-refractivity contribution in [2.45, 2.75) is 408 Å². The van der Waals surface area contributed by atoms with Gasteiger partial charge in [0.2, 0.25) is 0 Å². The van der Waals surface area contributed by atoms with Crippen molar-refractivity contribution in [3.8, 4) is 0 Å². The normalized spacial score (nSPS) is 14.4. The van der Waals surface area contributed by atoms with Gasteiger partial charge in [-0.1, -0.05) is 338 Å². The van der Waals surface area contributed by atoms with E-state index in [1.165, 1.54) is 193 Å². The van der Waals surface area contributed by atoms with Crippen LogP contribution in [0.2, 0.25) is 0 Å². The van der Waals surface area contributed by atoms with Crippen LogP contribution >= 0.6 is 15.6 Å². The van der Waals surface area contributed by atoms with Gasteiger partial charge in [0.1, 0.15) is 19.3 Å². The van der Waals surface area contributed by atoms with E-state index in [4.69, 9.17) is 37.0 Å². The highest BCUT2D eigenvalue weighted by molar-refractivity contribution is 7.47. The van der Waals surface area contributed by atoms with Crippen LogP contribution in [0.25, 0.3) is 0 Å². The highest BCUT2D eigenvalue weighted by Gasteiger charge is 2.30. The highest BCUT2D eigenvalue weighted by atomic mass is 31.2. The second-order valence-electron chi connectivity index (χ2n) is 29.4. The summed E-state index contributed by atoms with van der Waals surface area (Å²) in [5, 5.41) is 10.6. The highest BCUT2D eigenvalue weighted by Crippen LogP contribution is 2.45. The molecule has 0 radical (unpaired) electrons. The third-order valence-electron chi connectivity index (χ3n) is 18.2. The Balaban J connectivity index is 5.23. The monoisotopic (exact) mass is 1410 g/mol. The molecule has 0 aliphatic rings. The quantitative estimate of drug-likeness (QED) is 0.0222. The molecular formula is C77H150O17P2. The van der Waals surface area contributed by atoms with Crippen LogP contribution in [-0.4, -0.2) is 96.7 Å². The Bertz CT molecular complexity index is 1890. The van der Waals surface area contributed by atoms with Gasteiger partial charge < -0.3 is 33.8 Å². The van der Waals surface area contributed by atoms with Crippen molar-refractivity contribution in [2.24, 2.45) is 23.7 Å². The molecule has 17 nitrogen and oxygen atoms in total. The SMILES string of the molecule is CCC(C)CCCCCCCCCCCCC(=O)O[C@H](COC(=O)CCCCCCCCCCCCCCCCCCC(C)C)COP(=O)(O)OCC(O)COP(=O)(O)OC[C@@H](COC(=O)CCCCCCCCCCC(C)C)OC(=O)CCCCCCCCCCCC(C)C. The number of unbranched alkanes of at least 4 members (excludes halogenated alkanes) is 39. The molecule has 0 bridgehead atoms. The van der Waals surface area contributed by atoms with Crippen LogP contribution in [-0.2, 0) is 65.4 Å². The molecule has 0 aromatic rings. The Hall–Kier alpha value is -1.94. The van der Waals surface area contributed by atoms with Crippen molar-refractivity contribution in [1.82, 2.24) is 0 Å². The van der Waals surface area contributed by atoms with Gasteiger partial charge >= 0.3 is 39.5 Å². The topological polar surface area (TPSA) is 237 Å². The maximum Gasteiger partial charge on any atom is 0.472 e. The first kappa shape index (κ1) is 94.1. The van der Waals surface area contributed by atoms with E-state index < -0.39 is 97.5 Å². The van der Waals surface area contributed by atoms with E-state index >= 15 is 0 Å². The molecule has 0 aromatic carbocycles. The summed E-state index contributed by atoms with van der Waals surface area (Å²) in [4.78, 5) is 72.8. The lowest BCUT2D eigenvalue weighted by Crippen LogP contribution is -2.30. The molecule has 0 aliphatic carbocycles. The van der Waals surface area contributed by atoms with E-state index in [9.17, 15) is 43.2 Å². The molecule has 0 saturated carbocycles. The smallest absolute Gasteiger partial charge is 0.462 e. The average Bonchev–Trinajstić information content (AvgIpc) is 1.31. The second-order valence-corrected chi connectivity index (χ2v) is 32.3. The summed E-state index contributed by atoms with van der Waals surface area (Å²) in [5.41, 5.74) is 0. The number of esters is 4. The van der Waals surface area contributed by atoms with Crippen LogP contribution in [0, 0.1) is 23.7 Å². The number of rotatable bonds is 74. The molecule has 0 spiro atoms. The third kappa shape index (κ3) is 69.2. The first-order chi connectivity index (χ1) is 46.1. The summed E-state index contributed by atoms with van der Waals surface area (Å²) < 4.78 is 68.6. The van der Waals surface area contributed by atoms with Crippen molar-refractivity contribution in [2.75, 3.05) is 39.6 Å². The van der Waals surface area contributed by atoms with Crippen molar-refractivity contribution in [3.63, 3.8) is 0 Å². The maximum absolute atomic E-state index is 13.1. The number of ether oxygens (including phenoxy) is 4. The molecule has 570 valence electrons. The zero-order chi connectivity index (χ0) is 71.0. The number of phosphoric ester groups is 2. The van der Waals surface area contributed by atoms with Crippen LogP contribution in [0.3, 0.4) is 0 Å². The minimum atomic E-state index is -4.96. The summed E-state index contributed by atoms with van der Waals surface area (Å²) >= 11 is 0. The molecule has 0 aromatic heterocycles. The van der Waals surface area contributed by atoms with Crippen LogP contribution in [0.5, 0.6) is 0 Å². The molecule has 6 atom stereocenters. The van der Waals surface area contributed by atoms with Gasteiger partial charge in [-0.3, -0.25) is 37.3 Å². The number of hydrogen-bond donors (Lipinski definition) is 3. The number of phosphoric acid groups is 2. The molecule has 19 heteroatoms. The number of aliphatic hydroxyl groups excluding tert-OH is 1. The number of carbonyl (C=O) groups excluding carboxylic acids is 4. The molecule has 0 heterocycles. The minimum Gasteiger partial charge on any atom is -0.462 e. The number of carbonyl (C=O) groups is 4. The van der Waals surface area contributed by atoms with Gasteiger partial charge in [-0.25, -0.2) is 9.13 Å². The fourth-order valence-corrected chi connectivity index (χ4v) is 13.3. The average molecular weight is 1410 g/mol. The lowest BCUT2D eigenvalue weighted by molar-refractivity contribution is -0.161. The van der Waals surface area contributed by atoms with E-state index in [2.05, 4.69) is 55.4 Å². The van der Waals surface area contributed by atoms with Crippen molar-refractivity contribution < 1.29 is 80.2 Å². The summed E-state index contributed by atoms with van der Waals surface area (Å²) in [5.74, 6) is 0.958. The van der Waals surface area contributed by atoms with Crippen molar-refractivity contribution in [3.05, 3.63) is 0 Å². The zero-order valence-electron chi connectivity index (χ0n) is 63.0. The lowest BCUT2D eigenvalue weighted by atomic mass is 9.99. The first-order valence-corrected chi connectivity index (χ1v) is 42.7. The van der Waals surface area contributed by atoms with Crippen LogP contribution in [0.4, 0.5) is 0 Å². The van der Waals surface area contributed by atoms with Gasteiger partial charge in [-0.05, 0) is 49.4 Å². The summed E-state index contributed by atoms with van der Waals surface area (Å²) in [6, 6.07) is 0. The Kier molecular flexibility index (Phi) is 65.0. The van der Waals surface area contributed by atoms with Crippen molar-refractivity contribution >= 4 is 39.5 Å². The van der Waals surface area contributed by atoms with Crippen LogP contribution in [0.1, 0.15) is 389 Å². The summed E-state index contributed by atoms with van der Waals surface area (Å²) in [7, 11) is -9.91. The second kappa shape index (κ2) is 66.3. The standard InChI is InChI=1S/C77H150O17P2/c1-9-70(8)56-48-40-32-23-18-19-25-35-43-51-59-76(81)93-72(63-87-74(79)57-49-41-33-24-17-15-13-11-10-12-14-16-21-29-37-45-53-67(2)3)65-91-95(83,84)89-61-71(78)62-90-96(85,86)92-66-73(64-88-75(80)58-50-42-34-28-27-31-39-47-55-69(6)7)94-77(82)60-52-44-36-26-20-22-30-38-46-54-68(4)5/h67-73,78H,9-66H2,1-8H3,(H,83,84)(H,85,86)/t70?,71?,72-,73-/m1/s1. The molecule has 4 unspecified atom stereocenters. The summed E-state index contributed by atoms with van der Waals surface area (Å²) in [6.07, 6.45) is 51.3. The molecule has 0 aliphatic heterocycles. The van der Waals surface area contributed by atoms with E-state index in [0.29, 0.717) is 25.7 Å². The van der Waals surface area contributed by atoms with Crippen molar-refractivity contribution in [1.29, 1.82) is 0 Å². The Morgan fingerprint density at radius 3 is 0.740 bits per heavy atom. The summed E-state index contributed by atoms with van der Waals surface area (Å²) in [6.45, 7) is 14.2. The van der Waals surface area contributed by atoms with Gasteiger partial charge in [0.25, 0.3) is 0 Å². The molecule has 0 fully saturated rings. The Morgan fingerprint density at radius 1 is 0.292 bits per heavy atom. The first-order valence-electron chi connectivity index (χ1n) is 39.7. The number of aliphatic hydroxyl groups is 1. The molecule has 0 saturated heterocycles. The molecule has 96 heavy (non-hydrogen) atoms. The minimum absolute atomic E-state index is 0.104. The predicted molar refractivity (Wildman–Crippen MR) is 391 cm³/mol. The predicted octanol–water partition coefficient (Wildman–Crippen LogP) is 22.4. The van der Waals surface area contributed by atoms with E-state index in [1.54, 1.807) is 0 Å². The zero-order valence-corrected chi connectivity index (χ0v) is 64.8. The van der Waals surface area contributed by atoms with Gasteiger partial charge in [-0.15, -0.1) is 0 Å². The third-order valence-corrected chi connectivity index (χ3v) is 20.1. The van der Waals surface area contributed by atoms with Crippen LogP contribution in [0.15, 0.2) is 0 Å². The fourth-order valence-electron chi connectivity index (χ4n) is 11.7. The lowest BCUT2D eigenvalue weighted by Gasteiger charge is -2.21.